The fourth-order valence-electron chi connectivity index (χ4n) is 2.28. The average Bonchev–Trinajstić information content (AvgIpc) is 3.21. The molecule has 26 heavy (non-hydrogen) atoms. The first kappa shape index (κ1) is 16.9. The van der Waals surface area contributed by atoms with Gasteiger partial charge in [0, 0.05) is 12.4 Å². The first-order chi connectivity index (χ1) is 12.7. The number of nitrogens with one attached hydrogen (secondary N) is 2. The number of pyridine rings is 1. The molecule has 0 atom stereocenters. The number of carbonyl (C=O) groups excluding carboxylic acids is 2. The number of hydrogen-bond acceptors (Lipinski definition) is 4. The number of amides is 2. The van der Waals surface area contributed by atoms with E-state index in [1.165, 1.54) is 0 Å². The lowest BCUT2D eigenvalue weighted by Crippen LogP contribution is -2.25. The Morgan fingerprint density at radius 1 is 1.08 bits per heavy atom. The maximum atomic E-state index is 12.6. The summed E-state index contributed by atoms with van der Waals surface area (Å²) in [6.07, 6.45) is 8.51. The minimum atomic E-state index is -0.434. The smallest absolute Gasteiger partial charge is 0.274 e. The third kappa shape index (κ3) is 3.76. The molecule has 0 saturated heterocycles. The quantitative estimate of drug-likeness (QED) is 0.691. The first-order valence-corrected chi connectivity index (χ1v) is 7.78. The van der Waals surface area contributed by atoms with E-state index < -0.39 is 5.91 Å². The highest BCUT2D eigenvalue weighted by Gasteiger charge is 2.15. The van der Waals surface area contributed by atoms with Crippen molar-refractivity contribution in [2.75, 3.05) is 11.9 Å². The van der Waals surface area contributed by atoms with Gasteiger partial charge in [-0.3, -0.25) is 9.59 Å². The number of aromatic nitrogens is 3. The summed E-state index contributed by atoms with van der Waals surface area (Å²) in [5, 5.41) is 9.38. The zero-order chi connectivity index (χ0) is 18.4. The van der Waals surface area contributed by atoms with Gasteiger partial charge in [-0.2, -0.15) is 5.10 Å². The van der Waals surface area contributed by atoms with Gasteiger partial charge < -0.3 is 10.6 Å². The van der Waals surface area contributed by atoms with E-state index in [1.807, 2.05) is 0 Å². The van der Waals surface area contributed by atoms with E-state index in [2.05, 4.69) is 26.6 Å². The fraction of sp³-hybridized carbons (Fsp3) is 0.0526. The van der Waals surface area contributed by atoms with E-state index in [4.69, 9.17) is 6.42 Å². The van der Waals surface area contributed by atoms with Gasteiger partial charge >= 0.3 is 0 Å². The number of hydrogen-bond donors (Lipinski definition) is 2. The Labute approximate surface area is 150 Å². The summed E-state index contributed by atoms with van der Waals surface area (Å²) in [5.74, 6) is 2.06. The van der Waals surface area contributed by atoms with Crippen molar-refractivity contribution in [3.05, 3.63) is 72.2 Å². The lowest BCUT2D eigenvalue weighted by atomic mass is 10.1. The second kappa shape index (κ2) is 7.77. The van der Waals surface area contributed by atoms with Crippen LogP contribution in [0.25, 0.3) is 5.82 Å². The Bertz CT molecular complexity index is 974. The van der Waals surface area contributed by atoms with Gasteiger partial charge in [-0.25, -0.2) is 9.67 Å². The van der Waals surface area contributed by atoms with Crippen LogP contribution >= 0.6 is 0 Å². The summed E-state index contributed by atoms with van der Waals surface area (Å²) in [6.45, 7) is 0.106. The van der Waals surface area contributed by atoms with Crippen molar-refractivity contribution in [3.8, 4) is 18.2 Å². The molecule has 0 unspecified atom stereocenters. The summed E-state index contributed by atoms with van der Waals surface area (Å²) in [4.78, 5) is 29.0. The molecular weight excluding hydrogens is 330 g/mol. The third-order valence-corrected chi connectivity index (χ3v) is 3.48. The molecule has 0 aliphatic rings. The van der Waals surface area contributed by atoms with Crippen LogP contribution in [0.4, 0.5) is 5.69 Å². The number of benzene rings is 1. The van der Waals surface area contributed by atoms with Crippen molar-refractivity contribution in [1.29, 1.82) is 0 Å². The molecule has 3 rings (SSSR count). The number of para-hydroxylation sites is 1. The minimum Gasteiger partial charge on any atom is -0.341 e. The van der Waals surface area contributed by atoms with Crippen molar-refractivity contribution in [2.45, 2.75) is 0 Å². The van der Waals surface area contributed by atoms with Crippen LogP contribution in [0.5, 0.6) is 0 Å². The molecule has 2 N–H and O–H groups in total. The van der Waals surface area contributed by atoms with E-state index in [-0.39, 0.29) is 18.1 Å². The molecule has 7 heteroatoms. The van der Waals surface area contributed by atoms with Gasteiger partial charge in [-0.1, -0.05) is 24.1 Å². The van der Waals surface area contributed by atoms with Gasteiger partial charge in [-0.05, 0) is 30.3 Å². The molecule has 0 spiro atoms. The van der Waals surface area contributed by atoms with Crippen LogP contribution in [0.2, 0.25) is 0 Å². The predicted molar refractivity (Wildman–Crippen MR) is 96.9 cm³/mol. The maximum Gasteiger partial charge on any atom is 0.274 e. The number of nitrogens with zero attached hydrogens (tertiary/aromatic N) is 3. The molecule has 7 nitrogen and oxygen atoms in total. The first-order valence-electron chi connectivity index (χ1n) is 7.78. The topological polar surface area (TPSA) is 88.9 Å². The minimum absolute atomic E-state index is 0.106. The highest BCUT2D eigenvalue weighted by Crippen LogP contribution is 2.16. The van der Waals surface area contributed by atoms with E-state index >= 15 is 0 Å². The molecule has 0 aliphatic carbocycles. The molecule has 0 aliphatic heterocycles. The Balaban J connectivity index is 1.82. The van der Waals surface area contributed by atoms with Crippen LogP contribution in [0.1, 0.15) is 20.8 Å². The Kier molecular flexibility index (Phi) is 5.05. The van der Waals surface area contributed by atoms with Crippen LogP contribution in [-0.2, 0) is 0 Å². The summed E-state index contributed by atoms with van der Waals surface area (Å²) in [5.41, 5.74) is 0.898. The van der Waals surface area contributed by atoms with Gasteiger partial charge in [0.2, 0.25) is 0 Å². The average molecular weight is 345 g/mol. The highest BCUT2D eigenvalue weighted by molar-refractivity contribution is 6.08. The molecule has 0 radical (unpaired) electrons. The molecule has 2 aromatic heterocycles. The van der Waals surface area contributed by atoms with Crippen LogP contribution in [0.3, 0.4) is 0 Å². The standard InChI is InChI=1S/C19H15N5O2/c1-2-11-20-18(25)14-7-3-4-8-15(14)23-19(26)16-9-5-10-17(22-16)24-13-6-12-21-24/h1,3-10,12-13H,11H2,(H,20,25)(H,23,26). The molecule has 2 heterocycles. The lowest BCUT2D eigenvalue weighted by Gasteiger charge is -2.11. The fourth-order valence-corrected chi connectivity index (χ4v) is 2.28. The molecule has 0 bridgehead atoms. The third-order valence-electron chi connectivity index (χ3n) is 3.48. The van der Waals surface area contributed by atoms with E-state index in [0.29, 0.717) is 17.1 Å². The van der Waals surface area contributed by atoms with Crippen molar-refractivity contribution in [2.24, 2.45) is 0 Å². The van der Waals surface area contributed by atoms with Crippen molar-refractivity contribution >= 4 is 17.5 Å². The lowest BCUT2D eigenvalue weighted by molar-refractivity contribution is 0.0959. The molecule has 128 valence electrons. The number of rotatable bonds is 5. The van der Waals surface area contributed by atoms with Crippen LogP contribution in [-0.4, -0.2) is 33.1 Å². The van der Waals surface area contributed by atoms with Gasteiger partial charge in [0.25, 0.3) is 11.8 Å². The van der Waals surface area contributed by atoms with E-state index in [0.717, 1.165) is 0 Å². The van der Waals surface area contributed by atoms with Crippen LogP contribution in [0, 0.1) is 12.3 Å². The second-order valence-electron chi connectivity index (χ2n) is 5.22. The van der Waals surface area contributed by atoms with Crippen LogP contribution in [0.15, 0.2) is 60.9 Å². The summed E-state index contributed by atoms with van der Waals surface area (Å²) in [6, 6.07) is 13.5. The van der Waals surface area contributed by atoms with Gasteiger partial charge in [0.15, 0.2) is 5.82 Å². The summed E-state index contributed by atoms with van der Waals surface area (Å²) in [7, 11) is 0. The summed E-state index contributed by atoms with van der Waals surface area (Å²) >= 11 is 0. The Morgan fingerprint density at radius 2 is 1.92 bits per heavy atom. The van der Waals surface area contributed by atoms with E-state index in [1.54, 1.807) is 65.6 Å². The molecule has 0 fully saturated rings. The molecule has 1 aromatic carbocycles. The van der Waals surface area contributed by atoms with Gasteiger partial charge in [-0.15, -0.1) is 6.42 Å². The monoisotopic (exact) mass is 345 g/mol. The van der Waals surface area contributed by atoms with Gasteiger partial charge in [0.1, 0.15) is 5.69 Å². The number of anilines is 1. The van der Waals surface area contributed by atoms with Crippen molar-refractivity contribution in [1.82, 2.24) is 20.1 Å². The predicted octanol–water partition coefficient (Wildman–Crippen LogP) is 1.88. The normalized spacial score (nSPS) is 9.96. The molecule has 3 aromatic rings. The van der Waals surface area contributed by atoms with Crippen molar-refractivity contribution in [3.63, 3.8) is 0 Å². The molecule has 0 saturated carbocycles. The second-order valence-corrected chi connectivity index (χ2v) is 5.22. The largest absolute Gasteiger partial charge is 0.341 e. The number of terminal acetylenes is 1. The Morgan fingerprint density at radius 3 is 2.69 bits per heavy atom. The van der Waals surface area contributed by atoms with Gasteiger partial charge in [0.05, 0.1) is 17.8 Å². The summed E-state index contributed by atoms with van der Waals surface area (Å²) < 4.78 is 1.55. The van der Waals surface area contributed by atoms with Crippen molar-refractivity contribution < 1.29 is 9.59 Å². The van der Waals surface area contributed by atoms with E-state index in [9.17, 15) is 9.59 Å². The number of carbonyl (C=O) groups is 2. The zero-order valence-corrected chi connectivity index (χ0v) is 13.7. The SMILES string of the molecule is C#CCNC(=O)c1ccccc1NC(=O)c1cccc(-n2cccn2)n1. The highest BCUT2D eigenvalue weighted by atomic mass is 16.2. The molecular formula is C19H15N5O2. The van der Waals surface area contributed by atoms with Crippen LogP contribution < -0.4 is 10.6 Å². The zero-order valence-electron chi connectivity index (χ0n) is 13.7. The Hall–Kier alpha value is -3.92. The maximum absolute atomic E-state index is 12.6. The molecule has 2 amide bonds.